The maximum Gasteiger partial charge on any atom is 0.218 e. The van der Waals surface area contributed by atoms with Gasteiger partial charge in [-0.05, 0) is 18.6 Å². The third-order valence-corrected chi connectivity index (χ3v) is 2.35. The van der Waals surface area contributed by atoms with Gasteiger partial charge in [-0.15, -0.1) is 5.10 Å². The molecule has 0 spiro atoms. The highest BCUT2D eigenvalue weighted by atomic mass is 16.5. The first-order valence-corrected chi connectivity index (χ1v) is 4.85. The molecule has 0 aromatic heterocycles. The normalized spacial score (nSPS) is 16.5. The van der Waals surface area contributed by atoms with Crippen molar-refractivity contribution in [1.82, 2.24) is 0 Å². The van der Waals surface area contributed by atoms with Crippen LogP contribution in [0.1, 0.15) is 6.42 Å². The molecule has 80 valence electrons. The van der Waals surface area contributed by atoms with E-state index in [1.54, 1.807) is 0 Å². The summed E-state index contributed by atoms with van der Waals surface area (Å²) in [6.07, 6.45) is 0.894. The largest absolute Gasteiger partial charge is 0.491 e. The highest BCUT2D eigenvalue weighted by Gasteiger charge is 2.18. The maximum atomic E-state index is 5.73. The van der Waals surface area contributed by atoms with E-state index in [-0.39, 0.29) is 0 Å². The van der Waals surface area contributed by atoms with E-state index in [0.29, 0.717) is 12.6 Å². The molecule has 0 bridgehead atoms. The summed E-state index contributed by atoms with van der Waals surface area (Å²) in [6, 6.07) is 7.72. The minimum atomic E-state index is 0.313. The highest BCUT2D eigenvalue weighted by molar-refractivity contribution is 5.96. The van der Waals surface area contributed by atoms with Crippen LogP contribution in [0, 0.1) is 0 Å². The van der Waals surface area contributed by atoms with Crippen LogP contribution in [-0.2, 0) is 0 Å². The molecule has 0 atom stereocenters. The number of rotatable bonds is 0. The van der Waals surface area contributed by atoms with Gasteiger partial charge in [-0.25, -0.2) is 0 Å². The van der Waals surface area contributed by atoms with Gasteiger partial charge in [-0.1, -0.05) is 12.1 Å². The van der Waals surface area contributed by atoms with Gasteiger partial charge in [0.05, 0.1) is 12.3 Å². The lowest BCUT2D eigenvalue weighted by Crippen LogP contribution is -2.38. The number of hydrogen-bond acceptors (Lipinski definition) is 3. The van der Waals surface area contributed by atoms with Crippen LogP contribution in [0.15, 0.2) is 29.4 Å². The zero-order valence-corrected chi connectivity index (χ0v) is 8.39. The average molecular weight is 206 g/mol. The molecule has 15 heavy (non-hydrogen) atoms. The van der Waals surface area contributed by atoms with E-state index in [9.17, 15) is 0 Å². The molecule has 0 aliphatic carbocycles. The summed E-state index contributed by atoms with van der Waals surface area (Å²) in [7, 11) is 0. The molecule has 0 unspecified atom stereocenters. The fourth-order valence-electron chi connectivity index (χ4n) is 1.64. The molecule has 0 radical (unpaired) electrons. The number of fused-ring (bicyclic) bond motifs is 1. The summed E-state index contributed by atoms with van der Waals surface area (Å²) in [6.45, 7) is 1.45. The quantitative estimate of drug-likeness (QED) is 0.280. The van der Waals surface area contributed by atoms with Crippen molar-refractivity contribution in [3.8, 4) is 5.75 Å². The van der Waals surface area contributed by atoms with Crippen molar-refractivity contribution in [2.45, 2.75) is 6.42 Å². The third kappa shape index (κ3) is 1.81. The van der Waals surface area contributed by atoms with Crippen molar-refractivity contribution in [2.24, 2.45) is 16.7 Å². The zero-order valence-electron chi connectivity index (χ0n) is 8.39. The van der Waals surface area contributed by atoms with E-state index in [4.69, 9.17) is 16.3 Å². The summed E-state index contributed by atoms with van der Waals surface area (Å²) in [4.78, 5) is 1.86. The first-order valence-electron chi connectivity index (χ1n) is 4.85. The van der Waals surface area contributed by atoms with Gasteiger partial charge < -0.3 is 21.2 Å². The smallest absolute Gasteiger partial charge is 0.218 e. The molecular weight excluding hydrogens is 192 g/mol. The molecular formula is C10H14N4O. The highest BCUT2D eigenvalue weighted by Crippen LogP contribution is 2.29. The monoisotopic (exact) mass is 206 g/mol. The number of para-hydroxylation sites is 2. The molecule has 1 aromatic carbocycles. The van der Waals surface area contributed by atoms with Gasteiger partial charge in [0.1, 0.15) is 5.75 Å². The van der Waals surface area contributed by atoms with Gasteiger partial charge >= 0.3 is 0 Å². The second kappa shape index (κ2) is 4.08. The number of nitrogens with zero attached hydrogens (tertiary/aromatic N) is 2. The van der Waals surface area contributed by atoms with Crippen LogP contribution in [0.2, 0.25) is 0 Å². The molecule has 5 nitrogen and oxygen atoms in total. The standard InChI is InChI=1S/C10H14N4O/c11-10(13-12)14-6-3-7-15-9-5-2-1-4-8(9)14/h1-2,4-5H,3,6-7,12H2,(H2,11,13). The topological polar surface area (TPSA) is 76.9 Å². The molecule has 1 aromatic rings. The first-order chi connectivity index (χ1) is 7.33. The molecule has 0 amide bonds. The lowest BCUT2D eigenvalue weighted by Gasteiger charge is -2.21. The number of ether oxygens (including phenoxy) is 1. The molecule has 0 saturated carbocycles. The average Bonchev–Trinajstić information content (AvgIpc) is 2.50. The van der Waals surface area contributed by atoms with Crippen molar-refractivity contribution in [1.29, 1.82) is 0 Å². The SMILES string of the molecule is N/N=C(/N)N1CCCOc2ccccc21. The fourth-order valence-corrected chi connectivity index (χ4v) is 1.64. The van der Waals surface area contributed by atoms with Crippen LogP contribution < -0.4 is 21.2 Å². The lowest BCUT2D eigenvalue weighted by molar-refractivity contribution is 0.322. The van der Waals surface area contributed by atoms with E-state index in [0.717, 1.165) is 24.4 Å². The molecule has 1 aliphatic heterocycles. The Bertz CT molecular complexity index is 377. The molecule has 0 fully saturated rings. The summed E-state index contributed by atoms with van der Waals surface area (Å²) in [5, 5.41) is 3.52. The molecule has 0 saturated heterocycles. The first kappa shape index (κ1) is 9.64. The van der Waals surface area contributed by atoms with Gasteiger partial charge in [-0.3, -0.25) is 0 Å². The Hall–Kier alpha value is -1.91. The van der Waals surface area contributed by atoms with E-state index in [2.05, 4.69) is 5.10 Å². The van der Waals surface area contributed by atoms with Crippen LogP contribution in [0.4, 0.5) is 5.69 Å². The van der Waals surface area contributed by atoms with Crippen molar-refractivity contribution >= 4 is 11.6 Å². The van der Waals surface area contributed by atoms with Crippen LogP contribution in [0.3, 0.4) is 0 Å². The molecule has 5 heteroatoms. The summed E-state index contributed by atoms with van der Waals surface area (Å²) >= 11 is 0. The van der Waals surface area contributed by atoms with Crippen molar-refractivity contribution in [3.63, 3.8) is 0 Å². The maximum absolute atomic E-state index is 5.73. The Kier molecular flexibility index (Phi) is 2.62. The van der Waals surface area contributed by atoms with Crippen molar-refractivity contribution < 1.29 is 4.74 Å². The minimum Gasteiger partial charge on any atom is -0.491 e. The molecule has 2 rings (SSSR count). The van der Waals surface area contributed by atoms with Crippen molar-refractivity contribution in [2.75, 3.05) is 18.1 Å². The van der Waals surface area contributed by atoms with E-state index < -0.39 is 0 Å². The van der Waals surface area contributed by atoms with Crippen molar-refractivity contribution in [3.05, 3.63) is 24.3 Å². The lowest BCUT2D eigenvalue weighted by atomic mass is 10.2. The molecule has 1 aliphatic rings. The number of guanidine groups is 1. The Morgan fingerprint density at radius 1 is 1.40 bits per heavy atom. The number of hydrazone groups is 1. The van der Waals surface area contributed by atoms with Gasteiger partial charge in [0.25, 0.3) is 0 Å². The Morgan fingerprint density at radius 2 is 2.20 bits per heavy atom. The zero-order chi connectivity index (χ0) is 10.7. The van der Waals surface area contributed by atoms with Gasteiger partial charge in [-0.2, -0.15) is 0 Å². The third-order valence-electron chi connectivity index (χ3n) is 2.35. The predicted molar refractivity (Wildman–Crippen MR) is 59.7 cm³/mol. The van der Waals surface area contributed by atoms with E-state index in [1.807, 2.05) is 29.2 Å². The number of benzene rings is 1. The second-order valence-electron chi connectivity index (χ2n) is 3.31. The predicted octanol–water partition coefficient (Wildman–Crippen LogP) is 0.464. The van der Waals surface area contributed by atoms with Crippen LogP contribution >= 0.6 is 0 Å². The van der Waals surface area contributed by atoms with Gasteiger partial charge in [0, 0.05) is 6.54 Å². The minimum absolute atomic E-state index is 0.313. The Morgan fingerprint density at radius 3 is 3.00 bits per heavy atom. The number of hydrogen-bond donors (Lipinski definition) is 2. The van der Waals surface area contributed by atoms with E-state index >= 15 is 0 Å². The fraction of sp³-hybridized carbons (Fsp3) is 0.300. The van der Waals surface area contributed by atoms with E-state index in [1.165, 1.54) is 0 Å². The second-order valence-corrected chi connectivity index (χ2v) is 3.31. The summed E-state index contributed by atoms with van der Waals surface area (Å²) < 4.78 is 5.58. The molecule has 4 N–H and O–H groups in total. The van der Waals surface area contributed by atoms with Crippen LogP contribution in [0.25, 0.3) is 0 Å². The Labute approximate surface area is 88.3 Å². The van der Waals surface area contributed by atoms with Gasteiger partial charge in [0.15, 0.2) is 0 Å². The Balaban J connectivity index is 2.41. The summed E-state index contributed by atoms with van der Waals surface area (Å²) in [5.74, 6) is 6.33. The summed E-state index contributed by atoms with van der Waals surface area (Å²) in [5.41, 5.74) is 6.65. The van der Waals surface area contributed by atoms with Crippen LogP contribution in [-0.4, -0.2) is 19.1 Å². The van der Waals surface area contributed by atoms with Gasteiger partial charge in [0.2, 0.25) is 5.96 Å². The number of nitrogens with two attached hydrogens (primary N) is 2. The number of anilines is 1. The van der Waals surface area contributed by atoms with Crippen LogP contribution in [0.5, 0.6) is 5.75 Å². The molecule has 1 heterocycles.